The van der Waals surface area contributed by atoms with E-state index in [0.717, 1.165) is 6.54 Å². The number of likely N-dealkylation sites (N-methyl/N-ethyl adjacent to an activating group) is 1. The molecule has 2 aromatic rings. The summed E-state index contributed by atoms with van der Waals surface area (Å²) >= 11 is 0. The predicted octanol–water partition coefficient (Wildman–Crippen LogP) is 2.99. The second-order valence-electron chi connectivity index (χ2n) is 7.59. The zero-order chi connectivity index (χ0) is 23.4. The maximum Gasteiger partial charge on any atom is 0.270 e. The summed E-state index contributed by atoms with van der Waals surface area (Å²) in [6, 6.07) is 7.19. The van der Waals surface area contributed by atoms with Gasteiger partial charge in [-0.1, -0.05) is 18.2 Å². The molecule has 2 aromatic carbocycles. The van der Waals surface area contributed by atoms with Gasteiger partial charge in [0, 0.05) is 35.7 Å². The molecule has 0 saturated carbocycles. The van der Waals surface area contributed by atoms with Gasteiger partial charge in [0.05, 0.1) is 25.7 Å². The van der Waals surface area contributed by atoms with E-state index in [1.807, 2.05) is 11.9 Å². The van der Waals surface area contributed by atoms with Crippen molar-refractivity contribution in [2.75, 3.05) is 34.4 Å². The van der Waals surface area contributed by atoms with Crippen LogP contribution in [-0.4, -0.2) is 66.3 Å². The minimum Gasteiger partial charge on any atom is -0.507 e. The lowest BCUT2D eigenvalue weighted by atomic mass is 9.87. The molecule has 0 amide bonds. The number of rotatable bonds is 8. The molecule has 1 aliphatic heterocycles. The van der Waals surface area contributed by atoms with Crippen molar-refractivity contribution in [1.82, 2.24) is 4.90 Å². The first-order valence-corrected chi connectivity index (χ1v) is 10.1. The number of methoxy groups -OCH3 is 2. The van der Waals surface area contributed by atoms with Crippen LogP contribution < -0.4 is 9.47 Å². The second kappa shape index (κ2) is 9.80. The van der Waals surface area contributed by atoms with E-state index < -0.39 is 10.7 Å². The Morgan fingerprint density at radius 3 is 2.62 bits per heavy atom. The van der Waals surface area contributed by atoms with Gasteiger partial charge in [0.2, 0.25) is 0 Å². The van der Waals surface area contributed by atoms with Gasteiger partial charge in [-0.25, -0.2) is 0 Å². The molecule has 9 heteroatoms. The van der Waals surface area contributed by atoms with Gasteiger partial charge < -0.3 is 24.6 Å². The number of nitro benzene ring substituents is 1. The zero-order valence-corrected chi connectivity index (χ0v) is 18.1. The number of nitrogens with zero attached hydrogens (tertiary/aromatic N) is 2. The minimum absolute atomic E-state index is 0.0313. The Labute approximate surface area is 185 Å². The van der Waals surface area contributed by atoms with Crippen molar-refractivity contribution >= 4 is 17.5 Å². The Morgan fingerprint density at radius 2 is 2.00 bits per heavy atom. The van der Waals surface area contributed by atoms with Crippen LogP contribution in [0.25, 0.3) is 6.08 Å². The third-order valence-electron chi connectivity index (χ3n) is 5.84. The third kappa shape index (κ3) is 4.44. The first-order valence-electron chi connectivity index (χ1n) is 10.1. The molecule has 0 aromatic heterocycles. The summed E-state index contributed by atoms with van der Waals surface area (Å²) in [5.74, 6) is -0.505. The molecule has 0 bridgehead atoms. The lowest BCUT2D eigenvalue weighted by Gasteiger charge is -2.26. The average Bonchev–Trinajstić information content (AvgIpc) is 3.16. The van der Waals surface area contributed by atoms with Crippen LogP contribution in [0, 0.1) is 10.1 Å². The predicted molar refractivity (Wildman–Crippen MR) is 119 cm³/mol. The molecule has 2 N–H and O–H groups in total. The van der Waals surface area contributed by atoms with Crippen LogP contribution in [0.2, 0.25) is 0 Å². The van der Waals surface area contributed by atoms with Gasteiger partial charge in [0.25, 0.3) is 5.69 Å². The SMILES string of the molecule is COc1cc(OC)c(C2CCN(C)C2CO)c(O)c1C(=O)/C=C/c1cccc([N+](=O)[O-])c1. The quantitative estimate of drug-likeness (QED) is 0.277. The van der Waals surface area contributed by atoms with Crippen molar-refractivity contribution in [1.29, 1.82) is 0 Å². The highest BCUT2D eigenvalue weighted by Gasteiger charge is 2.37. The number of likely N-dealkylation sites (tertiary alicyclic amines) is 1. The van der Waals surface area contributed by atoms with Gasteiger partial charge >= 0.3 is 0 Å². The van der Waals surface area contributed by atoms with Gasteiger partial charge in [-0.15, -0.1) is 0 Å². The highest BCUT2D eigenvalue weighted by Crippen LogP contribution is 2.47. The highest BCUT2D eigenvalue weighted by atomic mass is 16.6. The topological polar surface area (TPSA) is 122 Å². The molecule has 2 atom stereocenters. The van der Waals surface area contributed by atoms with Crippen molar-refractivity contribution in [2.45, 2.75) is 18.4 Å². The Balaban J connectivity index is 2.04. The van der Waals surface area contributed by atoms with Gasteiger partial charge in [-0.2, -0.15) is 0 Å². The van der Waals surface area contributed by atoms with Crippen molar-refractivity contribution in [2.24, 2.45) is 0 Å². The van der Waals surface area contributed by atoms with Crippen molar-refractivity contribution in [3.05, 3.63) is 63.2 Å². The second-order valence-corrected chi connectivity index (χ2v) is 7.59. The average molecular weight is 442 g/mol. The molecule has 170 valence electrons. The van der Waals surface area contributed by atoms with E-state index in [2.05, 4.69) is 0 Å². The monoisotopic (exact) mass is 442 g/mol. The van der Waals surface area contributed by atoms with Crippen molar-refractivity contribution in [3.8, 4) is 17.2 Å². The standard InChI is InChI=1S/C23H26N2O7/c1-24-10-9-16(17(24)13-26)21-19(31-2)12-20(32-3)22(23(21)28)18(27)8-7-14-5-4-6-15(11-14)25(29)30/h4-8,11-12,16-17,26,28H,9-10,13H2,1-3H3/b8-7+. The molecule has 1 fully saturated rings. The first-order chi connectivity index (χ1) is 15.3. The van der Waals surface area contributed by atoms with Gasteiger partial charge in [0.1, 0.15) is 22.8 Å². The number of phenols is 1. The fourth-order valence-corrected chi connectivity index (χ4v) is 4.17. The summed E-state index contributed by atoms with van der Waals surface area (Å²) in [5.41, 5.74) is 0.796. The van der Waals surface area contributed by atoms with E-state index in [1.54, 1.807) is 12.1 Å². The molecule has 0 spiro atoms. The molecular weight excluding hydrogens is 416 g/mol. The number of allylic oxidation sites excluding steroid dienone is 1. The number of nitro groups is 1. The van der Waals surface area contributed by atoms with Crippen molar-refractivity contribution < 1.29 is 29.4 Å². The summed E-state index contributed by atoms with van der Waals surface area (Å²) in [6.45, 7) is 0.617. The molecule has 9 nitrogen and oxygen atoms in total. The molecule has 2 unspecified atom stereocenters. The summed E-state index contributed by atoms with van der Waals surface area (Å²) in [7, 11) is 4.74. The van der Waals surface area contributed by atoms with E-state index in [-0.39, 0.29) is 41.3 Å². The molecule has 3 rings (SSSR count). The summed E-state index contributed by atoms with van der Waals surface area (Å²) in [5, 5.41) is 32.0. The fourth-order valence-electron chi connectivity index (χ4n) is 4.17. The van der Waals surface area contributed by atoms with E-state index >= 15 is 0 Å². The number of ether oxygens (including phenoxy) is 2. The van der Waals surface area contributed by atoms with Crippen LogP contribution in [0.3, 0.4) is 0 Å². The van der Waals surface area contributed by atoms with Crippen LogP contribution in [-0.2, 0) is 0 Å². The van der Waals surface area contributed by atoms with E-state index in [4.69, 9.17) is 9.47 Å². The summed E-state index contributed by atoms with van der Waals surface area (Å²) in [6.07, 6.45) is 3.35. The van der Waals surface area contributed by atoms with Crippen LogP contribution in [0.1, 0.15) is 33.8 Å². The number of phenolic OH excluding ortho intramolecular Hbond substituents is 1. The molecule has 0 radical (unpaired) electrons. The maximum absolute atomic E-state index is 13.1. The molecule has 1 saturated heterocycles. The maximum atomic E-state index is 13.1. The number of carbonyl (C=O) groups excluding carboxylic acids is 1. The Hall–Kier alpha value is -3.43. The fraction of sp³-hybridized carbons (Fsp3) is 0.348. The van der Waals surface area contributed by atoms with Gasteiger partial charge in [-0.05, 0) is 31.7 Å². The largest absolute Gasteiger partial charge is 0.507 e. The molecule has 1 aliphatic rings. The minimum atomic E-state index is -0.526. The Bertz CT molecular complexity index is 1050. The number of hydrogen-bond acceptors (Lipinski definition) is 8. The lowest BCUT2D eigenvalue weighted by Crippen LogP contribution is -2.32. The number of benzene rings is 2. The summed E-state index contributed by atoms with van der Waals surface area (Å²) in [4.78, 5) is 25.5. The summed E-state index contributed by atoms with van der Waals surface area (Å²) < 4.78 is 10.8. The number of ketones is 1. The number of hydrogen-bond donors (Lipinski definition) is 2. The van der Waals surface area contributed by atoms with Gasteiger partial charge in [0.15, 0.2) is 5.78 Å². The van der Waals surface area contributed by atoms with Crippen LogP contribution in [0.5, 0.6) is 17.2 Å². The number of non-ortho nitro benzene ring substituents is 1. The van der Waals surface area contributed by atoms with E-state index in [9.17, 15) is 25.1 Å². The molecule has 1 heterocycles. The van der Waals surface area contributed by atoms with Crippen LogP contribution in [0.4, 0.5) is 5.69 Å². The van der Waals surface area contributed by atoms with E-state index in [1.165, 1.54) is 44.6 Å². The number of aromatic hydroxyl groups is 1. The Kier molecular flexibility index (Phi) is 7.12. The third-order valence-corrected chi connectivity index (χ3v) is 5.84. The molecule has 32 heavy (non-hydrogen) atoms. The zero-order valence-electron chi connectivity index (χ0n) is 18.1. The number of aliphatic hydroxyl groups excluding tert-OH is 1. The molecule has 0 aliphatic carbocycles. The number of carbonyl (C=O) groups is 1. The van der Waals surface area contributed by atoms with Crippen LogP contribution >= 0.6 is 0 Å². The van der Waals surface area contributed by atoms with Gasteiger partial charge in [-0.3, -0.25) is 14.9 Å². The van der Waals surface area contributed by atoms with Crippen molar-refractivity contribution in [3.63, 3.8) is 0 Å². The smallest absolute Gasteiger partial charge is 0.270 e. The Morgan fingerprint density at radius 1 is 1.28 bits per heavy atom. The molecular formula is C23H26N2O7. The normalized spacial score (nSPS) is 18.8. The first kappa shape index (κ1) is 23.2. The van der Waals surface area contributed by atoms with Crippen LogP contribution in [0.15, 0.2) is 36.4 Å². The van der Waals surface area contributed by atoms with E-state index in [0.29, 0.717) is 23.3 Å². The lowest BCUT2D eigenvalue weighted by molar-refractivity contribution is -0.384. The highest BCUT2D eigenvalue weighted by molar-refractivity contribution is 6.11. The number of aliphatic hydroxyl groups is 1.